The highest BCUT2D eigenvalue weighted by atomic mass is 35.5. The number of likely N-dealkylation sites (tertiary alicyclic amines) is 1. The Kier molecular flexibility index (Phi) is 3.94. The summed E-state index contributed by atoms with van der Waals surface area (Å²) in [4.78, 5) is 17.6. The second-order valence-electron chi connectivity index (χ2n) is 6.54. The summed E-state index contributed by atoms with van der Waals surface area (Å²) in [5.74, 6) is 0.0273. The third-order valence-corrected chi connectivity index (χ3v) is 5.15. The van der Waals surface area contributed by atoms with Crippen LogP contribution in [0.25, 0.3) is 0 Å². The SMILES string of the molecule is CN1CCC(N2C(=O)c3cc(Cl)ccc3Nc3ccccc32)CC1. The number of hydrogen-bond donors (Lipinski definition) is 1. The topological polar surface area (TPSA) is 35.6 Å². The van der Waals surface area contributed by atoms with Gasteiger partial charge < -0.3 is 15.1 Å². The van der Waals surface area contributed by atoms with E-state index in [1.54, 1.807) is 6.07 Å². The van der Waals surface area contributed by atoms with Gasteiger partial charge in [0.1, 0.15) is 0 Å². The summed E-state index contributed by atoms with van der Waals surface area (Å²) >= 11 is 6.15. The van der Waals surface area contributed by atoms with Gasteiger partial charge in [-0.25, -0.2) is 0 Å². The van der Waals surface area contributed by atoms with Gasteiger partial charge >= 0.3 is 0 Å². The predicted molar refractivity (Wildman–Crippen MR) is 98.5 cm³/mol. The maximum atomic E-state index is 13.3. The molecule has 0 bridgehead atoms. The third-order valence-electron chi connectivity index (χ3n) is 4.92. The molecule has 1 N–H and O–H groups in total. The molecule has 0 aliphatic carbocycles. The van der Waals surface area contributed by atoms with Crippen molar-refractivity contribution in [2.45, 2.75) is 18.9 Å². The Labute approximate surface area is 147 Å². The molecule has 2 aliphatic rings. The molecule has 2 aromatic rings. The van der Waals surface area contributed by atoms with E-state index < -0.39 is 0 Å². The first-order chi connectivity index (χ1) is 11.6. The lowest BCUT2D eigenvalue weighted by Crippen LogP contribution is -2.46. The minimum Gasteiger partial charge on any atom is -0.353 e. The molecule has 124 valence electrons. The summed E-state index contributed by atoms with van der Waals surface area (Å²) in [6.45, 7) is 2.01. The lowest BCUT2D eigenvalue weighted by molar-refractivity contribution is 0.0965. The number of benzene rings is 2. The Balaban J connectivity index is 1.82. The van der Waals surface area contributed by atoms with E-state index in [1.165, 1.54) is 0 Å². The highest BCUT2D eigenvalue weighted by Gasteiger charge is 2.33. The number of anilines is 3. The fourth-order valence-electron chi connectivity index (χ4n) is 3.59. The minimum atomic E-state index is 0.0273. The lowest BCUT2D eigenvalue weighted by Gasteiger charge is -2.37. The van der Waals surface area contributed by atoms with E-state index in [0.29, 0.717) is 10.6 Å². The highest BCUT2D eigenvalue weighted by Crippen LogP contribution is 2.38. The van der Waals surface area contributed by atoms with Crippen molar-refractivity contribution in [2.75, 3.05) is 30.4 Å². The first kappa shape index (κ1) is 15.5. The van der Waals surface area contributed by atoms with Gasteiger partial charge in [-0.1, -0.05) is 23.7 Å². The molecule has 0 unspecified atom stereocenters. The number of fused-ring (bicyclic) bond motifs is 2. The molecule has 2 heterocycles. The van der Waals surface area contributed by atoms with Crippen LogP contribution in [0, 0.1) is 0 Å². The average Bonchev–Trinajstić information content (AvgIpc) is 2.70. The van der Waals surface area contributed by atoms with Crippen molar-refractivity contribution < 1.29 is 4.79 Å². The molecule has 2 aliphatic heterocycles. The molecule has 1 amide bonds. The Bertz CT molecular complexity index is 784. The summed E-state index contributed by atoms with van der Waals surface area (Å²) in [6, 6.07) is 13.7. The first-order valence-electron chi connectivity index (χ1n) is 8.31. The van der Waals surface area contributed by atoms with E-state index in [0.717, 1.165) is 43.0 Å². The van der Waals surface area contributed by atoms with E-state index in [1.807, 2.05) is 41.3 Å². The third kappa shape index (κ3) is 2.66. The number of para-hydroxylation sites is 2. The van der Waals surface area contributed by atoms with Crippen molar-refractivity contribution in [3.8, 4) is 0 Å². The molecule has 24 heavy (non-hydrogen) atoms. The van der Waals surface area contributed by atoms with Crippen LogP contribution < -0.4 is 10.2 Å². The van der Waals surface area contributed by atoms with Gasteiger partial charge in [0.25, 0.3) is 5.91 Å². The van der Waals surface area contributed by atoms with E-state index in [4.69, 9.17) is 11.6 Å². The molecule has 0 saturated carbocycles. The van der Waals surface area contributed by atoms with Gasteiger partial charge in [0, 0.05) is 11.1 Å². The molecule has 0 radical (unpaired) electrons. The van der Waals surface area contributed by atoms with E-state index in [9.17, 15) is 4.79 Å². The van der Waals surface area contributed by atoms with Gasteiger partial charge in [0.05, 0.1) is 22.6 Å². The van der Waals surface area contributed by atoms with Gasteiger partial charge in [-0.2, -0.15) is 0 Å². The summed E-state index contributed by atoms with van der Waals surface area (Å²) in [7, 11) is 2.13. The first-order valence-corrected chi connectivity index (χ1v) is 8.69. The number of hydrogen-bond acceptors (Lipinski definition) is 3. The van der Waals surface area contributed by atoms with Crippen molar-refractivity contribution in [1.82, 2.24) is 4.90 Å². The van der Waals surface area contributed by atoms with Crippen molar-refractivity contribution in [3.05, 3.63) is 53.1 Å². The fraction of sp³-hybridized carbons (Fsp3) is 0.316. The van der Waals surface area contributed by atoms with Gasteiger partial charge in [-0.3, -0.25) is 4.79 Å². The van der Waals surface area contributed by atoms with Gasteiger partial charge in [0.2, 0.25) is 0 Å². The zero-order valence-electron chi connectivity index (χ0n) is 13.6. The van der Waals surface area contributed by atoms with E-state index in [2.05, 4.69) is 17.3 Å². The number of nitrogens with zero attached hydrogens (tertiary/aromatic N) is 2. The van der Waals surface area contributed by atoms with Crippen LogP contribution in [0.1, 0.15) is 23.2 Å². The number of carbonyl (C=O) groups excluding carboxylic acids is 1. The maximum Gasteiger partial charge on any atom is 0.260 e. The molecular formula is C19H20ClN3O. The largest absolute Gasteiger partial charge is 0.353 e. The summed E-state index contributed by atoms with van der Waals surface area (Å²) in [5, 5.41) is 3.99. The predicted octanol–water partition coefficient (Wildman–Crippen LogP) is 4.14. The minimum absolute atomic E-state index is 0.0273. The fourth-order valence-corrected chi connectivity index (χ4v) is 3.76. The smallest absolute Gasteiger partial charge is 0.260 e. The van der Waals surface area contributed by atoms with E-state index >= 15 is 0 Å². The highest BCUT2D eigenvalue weighted by molar-refractivity contribution is 6.31. The number of rotatable bonds is 1. The summed E-state index contributed by atoms with van der Waals surface area (Å²) < 4.78 is 0. The Morgan fingerprint density at radius 2 is 1.83 bits per heavy atom. The van der Waals surface area contributed by atoms with Crippen molar-refractivity contribution >= 4 is 34.6 Å². The van der Waals surface area contributed by atoms with Crippen LogP contribution in [0.15, 0.2) is 42.5 Å². The second kappa shape index (κ2) is 6.11. The maximum absolute atomic E-state index is 13.3. The van der Waals surface area contributed by atoms with Gasteiger partial charge in [0.15, 0.2) is 0 Å². The lowest BCUT2D eigenvalue weighted by atomic mass is 10.0. The molecular weight excluding hydrogens is 322 g/mol. The second-order valence-corrected chi connectivity index (χ2v) is 6.98. The normalized spacial score (nSPS) is 18.6. The summed E-state index contributed by atoms with van der Waals surface area (Å²) in [5.41, 5.74) is 3.36. The van der Waals surface area contributed by atoms with Gasteiger partial charge in [-0.05, 0) is 63.3 Å². The average molecular weight is 342 g/mol. The standard InChI is InChI=1S/C19H20ClN3O/c1-22-10-8-14(9-11-22)23-18-5-3-2-4-17(18)21-16-7-6-13(20)12-15(16)19(23)24/h2-7,12,14,21H,8-11H2,1H3. The molecule has 0 aromatic heterocycles. The molecule has 0 atom stereocenters. The number of nitrogens with one attached hydrogen (secondary N) is 1. The molecule has 1 fully saturated rings. The molecule has 1 saturated heterocycles. The number of piperidine rings is 1. The number of halogens is 1. The van der Waals surface area contributed by atoms with Crippen LogP contribution in [-0.4, -0.2) is 37.0 Å². The van der Waals surface area contributed by atoms with Crippen molar-refractivity contribution in [1.29, 1.82) is 0 Å². The molecule has 4 rings (SSSR count). The van der Waals surface area contributed by atoms with Crippen LogP contribution >= 0.6 is 11.6 Å². The quantitative estimate of drug-likeness (QED) is 0.846. The van der Waals surface area contributed by atoms with Crippen LogP contribution in [0.5, 0.6) is 0 Å². The Morgan fingerprint density at radius 1 is 1.08 bits per heavy atom. The monoisotopic (exact) mass is 341 g/mol. The zero-order chi connectivity index (χ0) is 16.7. The Hall–Kier alpha value is -2.04. The Morgan fingerprint density at radius 3 is 2.62 bits per heavy atom. The van der Waals surface area contributed by atoms with Gasteiger partial charge in [-0.15, -0.1) is 0 Å². The van der Waals surface area contributed by atoms with Crippen LogP contribution in [-0.2, 0) is 0 Å². The van der Waals surface area contributed by atoms with Crippen LogP contribution in [0.3, 0.4) is 0 Å². The van der Waals surface area contributed by atoms with Crippen molar-refractivity contribution in [2.24, 2.45) is 0 Å². The molecule has 2 aromatic carbocycles. The van der Waals surface area contributed by atoms with Crippen LogP contribution in [0.4, 0.5) is 17.1 Å². The molecule has 0 spiro atoms. The zero-order valence-corrected chi connectivity index (χ0v) is 14.4. The van der Waals surface area contributed by atoms with Crippen LogP contribution in [0.2, 0.25) is 5.02 Å². The number of carbonyl (C=O) groups is 1. The van der Waals surface area contributed by atoms with Crippen molar-refractivity contribution in [3.63, 3.8) is 0 Å². The molecule has 5 heteroatoms. The molecule has 4 nitrogen and oxygen atoms in total. The number of amides is 1. The summed E-state index contributed by atoms with van der Waals surface area (Å²) in [6.07, 6.45) is 1.96. The van der Waals surface area contributed by atoms with E-state index in [-0.39, 0.29) is 11.9 Å².